The van der Waals surface area contributed by atoms with Gasteiger partial charge in [-0.15, -0.1) is 0 Å². The van der Waals surface area contributed by atoms with Gasteiger partial charge in [0.15, 0.2) is 5.11 Å². The predicted molar refractivity (Wildman–Crippen MR) is 83.8 cm³/mol. The summed E-state index contributed by atoms with van der Waals surface area (Å²) in [6.07, 6.45) is 2.70. The maximum atomic E-state index is 10.9. The van der Waals surface area contributed by atoms with Gasteiger partial charge in [0, 0.05) is 23.2 Å². The number of amides is 1. The third kappa shape index (κ3) is 7.61. The van der Waals surface area contributed by atoms with Crippen molar-refractivity contribution in [1.82, 2.24) is 0 Å². The lowest BCUT2D eigenvalue weighted by atomic mass is 10.1. The first-order valence-corrected chi connectivity index (χ1v) is 5.92. The molecule has 0 aliphatic rings. The van der Waals surface area contributed by atoms with Crippen molar-refractivity contribution in [3.8, 4) is 0 Å². The van der Waals surface area contributed by atoms with E-state index in [4.69, 9.17) is 17.2 Å². The van der Waals surface area contributed by atoms with Crippen molar-refractivity contribution in [1.29, 1.82) is 0 Å². The Bertz CT molecular complexity index is 523. The van der Waals surface area contributed by atoms with Crippen LogP contribution in [0.25, 0.3) is 12.4 Å². The van der Waals surface area contributed by atoms with Crippen LogP contribution in [0.15, 0.2) is 18.2 Å². The fraction of sp³-hybridized carbons (Fsp3) is 0.167. The van der Waals surface area contributed by atoms with E-state index in [0.717, 1.165) is 0 Å². The molecule has 0 fully saturated rings. The summed E-state index contributed by atoms with van der Waals surface area (Å²) in [5, 5.41) is 1.26. The molecule has 0 heterocycles. The summed E-state index contributed by atoms with van der Waals surface area (Å²) in [5.74, 6) is -0.514. The Balaban J connectivity index is 0. The second-order valence-electron chi connectivity index (χ2n) is 2.91. The van der Waals surface area contributed by atoms with Gasteiger partial charge in [-0.05, 0) is 23.5 Å². The van der Waals surface area contributed by atoms with Crippen molar-refractivity contribution >= 4 is 35.6 Å². The molecule has 0 spiro atoms. The maximum Gasteiger partial charge on any atom is 0.249 e. The van der Waals surface area contributed by atoms with E-state index >= 15 is 0 Å². The summed E-state index contributed by atoms with van der Waals surface area (Å²) in [5.41, 5.74) is 25.5. The molecule has 0 bridgehead atoms. The highest BCUT2D eigenvalue weighted by molar-refractivity contribution is 7.80. The molecule has 10 N–H and O–H groups in total. The molecule has 0 unspecified atom stereocenters. The maximum absolute atomic E-state index is 10.9. The normalized spacial score (nSPS) is 10.6. The first-order valence-electron chi connectivity index (χ1n) is 5.51. The van der Waals surface area contributed by atoms with E-state index in [1.54, 1.807) is 18.2 Å². The van der Waals surface area contributed by atoms with Crippen molar-refractivity contribution in [3.63, 3.8) is 0 Å². The van der Waals surface area contributed by atoms with Gasteiger partial charge in [-0.3, -0.25) is 4.79 Å². The fourth-order valence-corrected chi connectivity index (χ4v) is 1.13. The second-order valence-corrected chi connectivity index (χ2v) is 3.38. The van der Waals surface area contributed by atoms with Crippen LogP contribution >= 0.6 is 12.2 Å². The van der Waals surface area contributed by atoms with Crippen molar-refractivity contribution in [2.75, 3.05) is 0 Å². The number of carbonyl (C=O) groups is 1. The van der Waals surface area contributed by atoms with E-state index < -0.39 is 5.91 Å². The number of benzene rings is 1. The molecule has 106 valence electrons. The summed E-state index contributed by atoms with van der Waals surface area (Å²) in [7, 11) is 0. The summed E-state index contributed by atoms with van der Waals surface area (Å²) in [6.45, 7) is 4.00. The largest absolute Gasteiger partial charge is 0.404 e. The molecule has 0 saturated carbocycles. The SMILES string of the molecule is CC.N/C=c1/cccc(C(N)=O)/c1=C/N.NC(N)=S. The molecule has 0 aliphatic carbocycles. The Morgan fingerprint density at radius 1 is 1.11 bits per heavy atom. The van der Waals surface area contributed by atoms with Gasteiger partial charge in [-0.2, -0.15) is 0 Å². The minimum atomic E-state index is -0.514. The lowest BCUT2D eigenvalue weighted by molar-refractivity contribution is 0.0999. The van der Waals surface area contributed by atoms with Gasteiger partial charge in [0.25, 0.3) is 0 Å². The minimum Gasteiger partial charge on any atom is -0.404 e. The zero-order valence-electron chi connectivity index (χ0n) is 11.1. The topological polar surface area (TPSA) is 147 Å². The average Bonchev–Trinajstić information content (AvgIpc) is 2.39. The second kappa shape index (κ2) is 10.8. The molecular formula is C12H21N5OS. The predicted octanol–water partition coefficient (Wildman–Crippen LogP) is -1.61. The number of primary amides is 1. The Labute approximate surface area is 117 Å². The van der Waals surface area contributed by atoms with E-state index in [-0.39, 0.29) is 5.11 Å². The quantitative estimate of drug-likeness (QED) is 0.392. The molecule has 7 heteroatoms. The molecule has 0 saturated heterocycles. The number of rotatable bonds is 1. The van der Waals surface area contributed by atoms with Crippen LogP contribution in [-0.2, 0) is 0 Å². The van der Waals surface area contributed by atoms with Crippen molar-refractivity contribution in [3.05, 3.63) is 34.2 Å². The van der Waals surface area contributed by atoms with E-state index in [9.17, 15) is 4.79 Å². The van der Waals surface area contributed by atoms with Gasteiger partial charge in [-0.25, -0.2) is 0 Å². The zero-order chi connectivity index (χ0) is 15.4. The summed E-state index contributed by atoms with van der Waals surface area (Å²) >= 11 is 4.09. The van der Waals surface area contributed by atoms with E-state index in [0.29, 0.717) is 16.0 Å². The lowest BCUT2D eigenvalue weighted by Gasteiger charge is -1.96. The van der Waals surface area contributed by atoms with Crippen LogP contribution in [0.1, 0.15) is 24.2 Å². The van der Waals surface area contributed by atoms with E-state index in [1.165, 1.54) is 12.4 Å². The molecule has 19 heavy (non-hydrogen) atoms. The third-order valence-corrected chi connectivity index (χ3v) is 1.75. The highest BCUT2D eigenvalue weighted by atomic mass is 32.1. The van der Waals surface area contributed by atoms with Crippen LogP contribution in [0.5, 0.6) is 0 Å². The van der Waals surface area contributed by atoms with Gasteiger partial charge in [0.05, 0.1) is 0 Å². The molecule has 6 nitrogen and oxygen atoms in total. The summed E-state index contributed by atoms with van der Waals surface area (Å²) in [6, 6.07) is 5.06. The smallest absolute Gasteiger partial charge is 0.249 e. The zero-order valence-corrected chi connectivity index (χ0v) is 11.9. The molecule has 0 aromatic heterocycles. The van der Waals surface area contributed by atoms with Gasteiger partial charge < -0.3 is 28.7 Å². The molecule has 1 aromatic carbocycles. The monoisotopic (exact) mass is 283 g/mol. The van der Waals surface area contributed by atoms with E-state index in [2.05, 4.69) is 23.7 Å². The molecule has 0 aliphatic heterocycles. The Morgan fingerprint density at radius 3 is 1.89 bits per heavy atom. The molecule has 1 rings (SSSR count). The first-order chi connectivity index (χ1) is 8.93. The number of hydrogen-bond donors (Lipinski definition) is 5. The van der Waals surface area contributed by atoms with Gasteiger partial charge in [0.1, 0.15) is 0 Å². The lowest BCUT2D eigenvalue weighted by Crippen LogP contribution is -2.35. The standard InChI is InChI=1S/C9H11N3O.C2H6.CH4N2S/c10-4-6-2-1-3-7(9(12)13)8(6)5-11;1-2;2-1(3)4/h1-5H,10-11H2,(H2,12,13);1-2H3;(H4,2,3,4)/b6-4-,8-5+;;. The molecule has 1 amide bonds. The number of hydrogen-bond acceptors (Lipinski definition) is 4. The molecule has 0 radical (unpaired) electrons. The first kappa shape index (κ1) is 19.1. The van der Waals surface area contributed by atoms with Crippen molar-refractivity contribution < 1.29 is 4.79 Å². The Hall–Kier alpha value is -2.28. The van der Waals surface area contributed by atoms with Crippen LogP contribution in [-0.4, -0.2) is 11.0 Å². The summed E-state index contributed by atoms with van der Waals surface area (Å²) < 4.78 is 0. The Kier molecular flexibility index (Phi) is 10.9. The van der Waals surface area contributed by atoms with Crippen LogP contribution in [0.3, 0.4) is 0 Å². The van der Waals surface area contributed by atoms with Crippen molar-refractivity contribution in [2.24, 2.45) is 28.7 Å². The van der Waals surface area contributed by atoms with Crippen molar-refractivity contribution in [2.45, 2.75) is 13.8 Å². The Morgan fingerprint density at radius 2 is 1.58 bits per heavy atom. The third-order valence-electron chi connectivity index (χ3n) is 1.75. The number of thiocarbonyl (C=S) groups is 1. The van der Waals surface area contributed by atoms with Crippen LogP contribution < -0.4 is 39.1 Å². The molecular weight excluding hydrogens is 262 g/mol. The van der Waals surface area contributed by atoms with Crippen LogP contribution in [0, 0.1) is 0 Å². The molecule has 0 atom stereocenters. The highest BCUT2D eigenvalue weighted by Gasteiger charge is 2.01. The van der Waals surface area contributed by atoms with Gasteiger partial charge >= 0.3 is 0 Å². The van der Waals surface area contributed by atoms with Gasteiger partial charge in [-0.1, -0.05) is 26.0 Å². The van der Waals surface area contributed by atoms with Crippen LogP contribution in [0.2, 0.25) is 0 Å². The highest BCUT2D eigenvalue weighted by Crippen LogP contribution is 1.85. The molecule has 1 aromatic rings. The fourth-order valence-electron chi connectivity index (χ4n) is 1.13. The van der Waals surface area contributed by atoms with Crippen LogP contribution in [0.4, 0.5) is 0 Å². The summed E-state index contributed by atoms with van der Waals surface area (Å²) in [4.78, 5) is 10.9. The van der Waals surface area contributed by atoms with Gasteiger partial charge in [0.2, 0.25) is 5.91 Å². The van der Waals surface area contributed by atoms with E-state index in [1.807, 2.05) is 13.8 Å². The minimum absolute atomic E-state index is 0.000000000000000222. The number of nitrogens with two attached hydrogens (primary N) is 5. The average molecular weight is 283 g/mol. The number of carbonyl (C=O) groups excluding carboxylic acids is 1.